The number of rotatable bonds is 3. The van der Waals surface area contributed by atoms with Crippen molar-refractivity contribution in [3.8, 4) is 0 Å². The third kappa shape index (κ3) is 2.89. The van der Waals surface area contributed by atoms with E-state index >= 15 is 0 Å². The number of anilines is 1. The highest BCUT2D eigenvalue weighted by Crippen LogP contribution is 2.26. The van der Waals surface area contributed by atoms with Crippen molar-refractivity contribution in [3.63, 3.8) is 0 Å². The fraction of sp³-hybridized carbons (Fsp3) is 0. The molecule has 0 aliphatic carbocycles. The molecule has 20 heavy (non-hydrogen) atoms. The van der Waals surface area contributed by atoms with Crippen molar-refractivity contribution >= 4 is 28.9 Å². The molecule has 0 saturated heterocycles. The number of nitro groups is 1. The molecule has 0 aliphatic heterocycles. The summed E-state index contributed by atoms with van der Waals surface area (Å²) in [6.45, 7) is 0. The maximum absolute atomic E-state index is 13.0. The molecule has 1 aromatic heterocycles. The minimum atomic E-state index is -0.796. The van der Waals surface area contributed by atoms with Crippen LogP contribution in [-0.4, -0.2) is 15.8 Å². The molecule has 1 heterocycles. The van der Waals surface area contributed by atoms with Gasteiger partial charge in [0.1, 0.15) is 11.4 Å². The lowest BCUT2D eigenvalue weighted by atomic mass is 10.2. The monoisotopic (exact) mass is 295 g/mol. The molecule has 0 radical (unpaired) electrons. The Morgan fingerprint density at radius 3 is 2.80 bits per heavy atom. The van der Waals surface area contributed by atoms with Gasteiger partial charge in [-0.3, -0.25) is 14.9 Å². The number of aromatic nitrogens is 1. The summed E-state index contributed by atoms with van der Waals surface area (Å²) in [6.07, 6.45) is 1.18. The Morgan fingerprint density at radius 2 is 2.15 bits per heavy atom. The van der Waals surface area contributed by atoms with Crippen LogP contribution in [0.1, 0.15) is 10.4 Å². The van der Waals surface area contributed by atoms with Gasteiger partial charge in [0.15, 0.2) is 0 Å². The minimum Gasteiger partial charge on any atom is -0.322 e. The van der Waals surface area contributed by atoms with Crippen molar-refractivity contribution in [2.24, 2.45) is 0 Å². The third-order valence-corrected chi connectivity index (χ3v) is 2.67. The molecule has 1 aromatic carbocycles. The molecule has 0 fully saturated rings. The lowest BCUT2D eigenvalue weighted by Gasteiger charge is -2.06. The summed E-state index contributed by atoms with van der Waals surface area (Å²) < 4.78 is 13.0. The topological polar surface area (TPSA) is 85.1 Å². The molecule has 2 aromatic rings. The number of carbonyl (C=O) groups excluding carboxylic acids is 1. The van der Waals surface area contributed by atoms with E-state index in [9.17, 15) is 19.3 Å². The Hall–Kier alpha value is -2.54. The van der Waals surface area contributed by atoms with Gasteiger partial charge in [-0.1, -0.05) is 17.7 Å². The SMILES string of the molecule is O=C(Nc1cccc(F)c1)c1ccnc(Cl)c1[N+](=O)[O-]. The zero-order chi connectivity index (χ0) is 14.7. The fourth-order valence-electron chi connectivity index (χ4n) is 1.55. The largest absolute Gasteiger partial charge is 0.322 e. The van der Waals surface area contributed by atoms with E-state index in [2.05, 4.69) is 10.3 Å². The molecule has 1 N–H and O–H groups in total. The number of halogens is 2. The predicted molar refractivity (Wildman–Crippen MR) is 70.3 cm³/mol. The maximum atomic E-state index is 13.0. The van der Waals surface area contributed by atoms with Gasteiger partial charge in [-0.25, -0.2) is 9.37 Å². The van der Waals surface area contributed by atoms with E-state index in [1.54, 1.807) is 0 Å². The van der Waals surface area contributed by atoms with Crippen molar-refractivity contribution in [2.45, 2.75) is 0 Å². The van der Waals surface area contributed by atoms with Gasteiger partial charge in [0, 0.05) is 11.9 Å². The molecular formula is C12H7ClFN3O3. The smallest absolute Gasteiger partial charge is 0.319 e. The molecular weight excluding hydrogens is 289 g/mol. The average Bonchev–Trinajstić information content (AvgIpc) is 2.37. The first-order valence-corrected chi connectivity index (χ1v) is 5.72. The first-order valence-electron chi connectivity index (χ1n) is 5.35. The minimum absolute atomic E-state index is 0.178. The number of nitrogens with zero attached hydrogens (tertiary/aromatic N) is 2. The van der Waals surface area contributed by atoms with Gasteiger partial charge >= 0.3 is 5.69 Å². The van der Waals surface area contributed by atoms with E-state index in [1.807, 2.05) is 0 Å². The number of carbonyl (C=O) groups is 1. The van der Waals surface area contributed by atoms with E-state index in [0.29, 0.717) is 0 Å². The van der Waals surface area contributed by atoms with Gasteiger partial charge < -0.3 is 5.32 Å². The molecule has 0 saturated carbocycles. The second kappa shape index (κ2) is 5.62. The van der Waals surface area contributed by atoms with Crippen LogP contribution in [0.25, 0.3) is 0 Å². The van der Waals surface area contributed by atoms with Crippen LogP contribution in [0.2, 0.25) is 5.15 Å². The van der Waals surface area contributed by atoms with Crippen molar-refractivity contribution in [1.82, 2.24) is 4.98 Å². The van der Waals surface area contributed by atoms with Crippen molar-refractivity contribution in [1.29, 1.82) is 0 Å². The predicted octanol–water partition coefficient (Wildman–Crippen LogP) is 3.03. The summed E-state index contributed by atoms with van der Waals surface area (Å²) >= 11 is 5.60. The van der Waals surface area contributed by atoms with Gasteiger partial charge in [0.05, 0.1) is 4.92 Å². The Bertz CT molecular complexity index is 693. The van der Waals surface area contributed by atoms with E-state index in [-0.39, 0.29) is 16.4 Å². The summed E-state index contributed by atoms with van der Waals surface area (Å²) in [4.78, 5) is 25.6. The summed E-state index contributed by atoms with van der Waals surface area (Å²) in [5.74, 6) is -1.31. The van der Waals surface area contributed by atoms with E-state index in [4.69, 9.17) is 11.6 Å². The molecule has 0 aliphatic rings. The standard InChI is InChI=1S/C12H7ClFN3O3/c13-11-10(17(19)20)9(4-5-15-11)12(18)16-8-3-1-2-7(14)6-8/h1-6H,(H,16,18). The maximum Gasteiger partial charge on any atom is 0.319 e. The Morgan fingerprint density at radius 1 is 1.40 bits per heavy atom. The molecule has 1 amide bonds. The van der Waals surface area contributed by atoms with Crippen LogP contribution in [0.3, 0.4) is 0 Å². The normalized spacial score (nSPS) is 10.1. The summed E-state index contributed by atoms with van der Waals surface area (Å²) in [6, 6.07) is 6.32. The number of hydrogen-bond acceptors (Lipinski definition) is 4. The summed E-state index contributed by atoms with van der Waals surface area (Å²) in [5.41, 5.74) is -0.667. The molecule has 8 heteroatoms. The van der Waals surface area contributed by atoms with Crippen molar-refractivity contribution < 1.29 is 14.1 Å². The molecule has 102 valence electrons. The average molecular weight is 296 g/mol. The van der Waals surface area contributed by atoms with E-state index in [1.165, 1.54) is 30.5 Å². The van der Waals surface area contributed by atoms with Crippen molar-refractivity contribution in [3.05, 3.63) is 63.2 Å². The quantitative estimate of drug-likeness (QED) is 0.536. The van der Waals surface area contributed by atoms with Gasteiger partial charge in [-0.15, -0.1) is 0 Å². The number of pyridine rings is 1. The van der Waals surface area contributed by atoms with Crippen LogP contribution < -0.4 is 5.32 Å². The fourth-order valence-corrected chi connectivity index (χ4v) is 1.78. The molecule has 2 rings (SSSR count). The van der Waals surface area contributed by atoms with Crippen LogP contribution in [0, 0.1) is 15.9 Å². The van der Waals surface area contributed by atoms with Gasteiger partial charge in [-0.05, 0) is 24.3 Å². The Kier molecular flexibility index (Phi) is 3.90. The zero-order valence-corrected chi connectivity index (χ0v) is 10.6. The van der Waals surface area contributed by atoms with Crippen LogP contribution in [0.5, 0.6) is 0 Å². The lowest BCUT2D eigenvalue weighted by molar-refractivity contribution is -0.385. The Balaban J connectivity index is 2.35. The first-order chi connectivity index (χ1) is 9.49. The zero-order valence-electron chi connectivity index (χ0n) is 9.84. The highest BCUT2D eigenvalue weighted by Gasteiger charge is 2.24. The highest BCUT2D eigenvalue weighted by atomic mass is 35.5. The van der Waals surface area contributed by atoms with Crippen LogP contribution in [-0.2, 0) is 0 Å². The number of hydrogen-bond donors (Lipinski definition) is 1. The summed E-state index contributed by atoms with van der Waals surface area (Å²) in [5, 5.41) is 12.9. The molecule has 0 bridgehead atoms. The molecule has 0 atom stereocenters. The number of benzene rings is 1. The first kappa shape index (κ1) is 13.9. The summed E-state index contributed by atoms with van der Waals surface area (Å²) in [7, 11) is 0. The number of amides is 1. The third-order valence-electron chi connectivity index (χ3n) is 2.39. The van der Waals surface area contributed by atoms with E-state index in [0.717, 1.165) is 6.07 Å². The van der Waals surface area contributed by atoms with Gasteiger partial charge in [0.2, 0.25) is 5.15 Å². The lowest BCUT2D eigenvalue weighted by Crippen LogP contribution is -2.14. The molecule has 0 spiro atoms. The second-order valence-corrected chi connectivity index (χ2v) is 4.08. The second-order valence-electron chi connectivity index (χ2n) is 3.72. The van der Waals surface area contributed by atoms with Crippen molar-refractivity contribution in [2.75, 3.05) is 5.32 Å². The number of nitrogens with one attached hydrogen (secondary N) is 1. The van der Waals surface area contributed by atoms with Crippen LogP contribution in [0.15, 0.2) is 36.5 Å². The Labute approximate surface area is 117 Å². The van der Waals surface area contributed by atoms with Gasteiger partial charge in [-0.2, -0.15) is 0 Å². The molecule has 6 nitrogen and oxygen atoms in total. The molecule has 0 unspecified atom stereocenters. The van der Waals surface area contributed by atoms with Crippen LogP contribution >= 0.6 is 11.6 Å². The van der Waals surface area contributed by atoms with Crippen LogP contribution in [0.4, 0.5) is 15.8 Å². The van der Waals surface area contributed by atoms with E-state index < -0.39 is 22.3 Å². The highest BCUT2D eigenvalue weighted by molar-refractivity contribution is 6.32. The van der Waals surface area contributed by atoms with Gasteiger partial charge in [0.25, 0.3) is 5.91 Å².